The van der Waals surface area contributed by atoms with Crippen LogP contribution in [0.3, 0.4) is 0 Å². The number of aryl methyl sites for hydroxylation is 1. The number of hydrogen-bond donors (Lipinski definition) is 1. The number of halogens is 1. The van der Waals surface area contributed by atoms with Crippen molar-refractivity contribution in [2.45, 2.75) is 26.7 Å². The fraction of sp³-hybridized carbons (Fsp3) is 0.333. The minimum absolute atomic E-state index is 0.132. The van der Waals surface area contributed by atoms with Crippen LogP contribution in [0.5, 0.6) is 0 Å². The third kappa shape index (κ3) is 1.84. The van der Waals surface area contributed by atoms with Crippen molar-refractivity contribution in [2.24, 2.45) is 0 Å². The first-order valence-electron chi connectivity index (χ1n) is 5.33. The van der Waals surface area contributed by atoms with E-state index in [0.717, 1.165) is 21.2 Å². The van der Waals surface area contributed by atoms with Crippen LogP contribution in [0, 0.1) is 6.92 Å². The lowest BCUT2D eigenvalue weighted by molar-refractivity contribution is 0.0694. The van der Waals surface area contributed by atoms with Crippen molar-refractivity contribution in [1.82, 2.24) is 9.61 Å². The maximum absolute atomic E-state index is 11.2. The number of fused-ring (bicyclic) bond motifs is 1. The fourth-order valence-electron chi connectivity index (χ4n) is 2.00. The zero-order chi connectivity index (χ0) is 12.7. The lowest BCUT2D eigenvalue weighted by Gasteiger charge is -2.11. The van der Waals surface area contributed by atoms with E-state index in [-0.39, 0.29) is 11.5 Å². The lowest BCUT2D eigenvalue weighted by atomic mass is 9.98. The standard InChI is InChI=1S/C12H13BrN2O2/c1-6(2)10-8(12(16)17)5-14-15-9(10)4-7(3)11(15)13/h4-6H,1-3H3,(H,16,17). The quantitative estimate of drug-likeness (QED) is 0.926. The Hall–Kier alpha value is -1.36. The molecule has 4 nitrogen and oxygen atoms in total. The summed E-state index contributed by atoms with van der Waals surface area (Å²) in [6, 6.07) is 1.96. The monoisotopic (exact) mass is 296 g/mol. The fourth-order valence-corrected chi connectivity index (χ4v) is 2.40. The van der Waals surface area contributed by atoms with Crippen LogP contribution in [0.4, 0.5) is 0 Å². The third-order valence-corrected chi connectivity index (χ3v) is 3.73. The summed E-state index contributed by atoms with van der Waals surface area (Å²) in [5, 5.41) is 13.3. The Morgan fingerprint density at radius 1 is 1.53 bits per heavy atom. The SMILES string of the molecule is Cc1cc2c(C(C)C)c(C(=O)O)cnn2c1Br. The Bertz CT molecular complexity index is 602. The second-order valence-corrected chi connectivity index (χ2v) is 5.10. The molecular formula is C12H13BrN2O2. The number of nitrogens with zero attached hydrogens (tertiary/aromatic N) is 2. The molecule has 0 atom stereocenters. The summed E-state index contributed by atoms with van der Waals surface area (Å²) in [5.41, 5.74) is 2.99. The average molecular weight is 297 g/mol. The van der Waals surface area contributed by atoms with Gasteiger partial charge in [0, 0.05) is 0 Å². The predicted octanol–water partition coefficient (Wildman–Crippen LogP) is 3.23. The van der Waals surface area contributed by atoms with Gasteiger partial charge in [0.1, 0.15) is 4.60 Å². The lowest BCUT2D eigenvalue weighted by Crippen LogP contribution is -2.08. The molecule has 0 aliphatic heterocycles. The van der Waals surface area contributed by atoms with E-state index in [1.807, 2.05) is 26.8 Å². The molecule has 17 heavy (non-hydrogen) atoms. The van der Waals surface area contributed by atoms with Crippen molar-refractivity contribution >= 4 is 27.4 Å². The van der Waals surface area contributed by atoms with E-state index in [4.69, 9.17) is 0 Å². The number of hydrogen-bond acceptors (Lipinski definition) is 2. The van der Waals surface area contributed by atoms with E-state index in [0.29, 0.717) is 0 Å². The Balaban J connectivity index is 2.89. The van der Waals surface area contributed by atoms with Crippen LogP contribution in [-0.4, -0.2) is 20.7 Å². The first-order valence-corrected chi connectivity index (χ1v) is 6.12. The van der Waals surface area contributed by atoms with Gasteiger partial charge in [0.25, 0.3) is 0 Å². The van der Waals surface area contributed by atoms with E-state index in [1.165, 1.54) is 6.20 Å². The van der Waals surface area contributed by atoms with Crippen molar-refractivity contribution in [3.63, 3.8) is 0 Å². The summed E-state index contributed by atoms with van der Waals surface area (Å²) >= 11 is 3.45. The summed E-state index contributed by atoms with van der Waals surface area (Å²) in [6.07, 6.45) is 1.41. The molecule has 2 rings (SSSR count). The number of rotatable bonds is 2. The number of carboxylic acid groups (broad SMARTS) is 1. The molecule has 0 radical (unpaired) electrons. The van der Waals surface area contributed by atoms with Gasteiger partial charge in [-0.1, -0.05) is 13.8 Å². The molecule has 0 fully saturated rings. The maximum atomic E-state index is 11.2. The second kappa shape index (κ2) is 4.14. The van der Waals surface area contributed by atoms with Crippen LogP contribution in [0.15, 0.2) is 16.9 Å². The van der Waals surface area contributed by atoms with Crippen LogP contribution in [-0.2, 0) is 0 Å². The van der Waals surface area contributed by atoms with Crippen molar-refractivity contribution in [1.29, 1.82) is 0 Å². The Morgan fingerprint density at radius 3 is 2.71 bits per heavy atom. The highest BCUT2D eigenvalue weighted by atomic mass is 79.9. The summed E-state index contributed by atoms with van der Waals surface area (Å²) in [5.74, 6) is -0.800. The molecule has 0 spiro atoms. The first kappa shape index (κ1) is 12.1. The van der Waals surface area contributed by atoms with Gasteiger partial charge in [0.05, 0.1) is 17.3 Å². The molecule has 2 heterocycles. The van der Waals surface area contributed by atoms with Gasteiger partial charge in [-0.15, -0.1) is 0 Å². The molecule has 0 bridgehead atoms. The molecule has 2 aromatic rings. The zero-order valence-corrected chi connectivity index (χ0v) is 11.4. The van der Waals surface area contributed by atoms with Crippen LogP contribution < -0.4 is 0 Å². The topological polar surface area (TPSA) is 54.6 Å². The number of aromatic carboxylic acids is 1. The molecule has 1 N–H and O–H groups in total. The average Bonchev–Trinajstić information content (AvgIpc) is 2.53. The number of carboxylic acids is 1. The van der Waals surface area contributed by atoms with Crippen molar-refractivity contribution < 1.29 is 9.90 Å². The molecule has 90 valence electrons. The molecule has 0 aromatic carbocycles. The van der Waals surface area contributed by atoms with Crippen molar-refractivity contribution in [3.05, 3.63) is 33.6 Å². The van der Waals surface area contributed by atoms with Crippen molar-refractivity contribution in [3.8, 4) is 0 Å². The highest BCUT2D eigenvalue weighted by molar-refractivity contribution is 9.10. The predicted molar refractivity (Wildman–Crippen MR) is 68.7 cm³/mol. The van der Waals surface area contributed by atoms with E-state index < -0.39 is 5.97 Å². The van der Waals surface area contributed by atoms with Gasteiger partial charge in [-0.3, -0.25) is 0 Å². The number of aromatic nitrogens is 2. The molecule has 5 heteroatoms. The molecule has 0 amide bonds. The zero-order valence-electron chi connectivity index (χ0n) is 9.86. The Labute approximate surface area is 107 Å². The van der Waals surface area contributed by atoms with Crippen LogP contribution >= 0.6 is 15.9 Å². The molecule has 2 aromatic heterocycles. The number of carbonyl (C=O) groups is 1. The van der Waals surface area contributed by atoms with E-state index in [1.54, 1.807) is 4.52 Å². The van der Waals surface area contributed by atoms with Gasteiger partial charge in [0.2, 0.25) is 0 Å². The van der Waals surface area contributed by atoms with Gasteiger partial charge < -0.3 is 5.11 Å². The molecular weight excluding hydrogens is 284 g/mol. The van der Waals surface area contributed by atoms with E-state index in [2.05, 4.69) is 21.0 Å². The van der Waals surface area contributed by atoms with E-state index in [9.17, 15) is 9.90 Å². The summed E-state index contributed by atoms with van der Waals surface area (Å²) in [4.78, 5) is 11.2. The minimum Gasteiger partial charge on any atom is -0.478 e. The van der Waals surface area contributed by atoms with Gasteiger partial charge in [-0.25, -0.2) is 9.31 Å². The molecule has 0 saturated heterocycles. The largest absolute Gasteiger partial charge is 0.478 e. The van der Waals surface area contributed by atoms with Gasteiger partial charge in [-0.05, 0) is 46.0 Å². The highest BCUT2D eigenvalue weighted by Crippen LogP contribution is 2.29. The van der Waals surface area contributed by atoms with Crippen molar-refractivity contribution in [2.75, 3.05) is 0 Å². The van der Waals surface area contributed by atoms with Crippen LogP contribution in [0.25, 0.3) is 5.52 Å². The smallest absolute Gasteiger partial charge is 0.337 e. The van der Waals surface area contributed by atoms with E-state index >= 15 is 0 Å². The third-order valence-electron chi connectivity index (χ3n) is 2.77. The maximum Gasteiger partial charge on any atom is 0.337 e. The van der Waals surface area contributed by atoms with Gasteiger partial charge in [-0.2, -0.15) is 5.10 Å². The summed E-state index contributed by atoms with van der Waals surface area (Å²) in [7, 11) is 0. The second-order valence-electron chi connectivity index (χ2n) is 4.35. The summed E-state index contributed by atoms with van der Waals surface area (Å²) < 4.78 is 2.60. The van der Waals surface area contributed by atoms with Crippen LogP contribution in [0.2, 0.25) is 0 Å². The summed E-state index contributed by atoms with van der Waals surface area (Å²) in [6.45, 7) is 5.93. The van der Waals surface area contributed by atoms with Crippen LogP contribution in [0.1, 0.15) is 41.3 Å². The van der Waals surface area contributed by atoms with Gasteiger partial charge in [0.15, 0.2) is 0 Å². The normalized spacial score (nSPS) is 11.4. The molecule has 0 saturated carbocycles. The Morgan fingerprint density at radius 2 is 2.18 bits per heavy atom. The highest BCUT2D eigenvalue weighted by Gasteiger charge is 2.19. The van der Waals surface area contributed by atoms with Gasteiger partial charge >= 0.3 is 5.97 Å². The molecule has 0 unspecified atom stereocenters. The Kier molecular flexibility index (Phi) is 2.95. The minimum atomic E-state index is -0.932. The molecule has 0 aliphatic carbocycles. The molecule has 0 aliphatic rings. The first-order chi connectivity index (χ1) is 7.93.